The predicted molar refractivity (Wildman–Crippen MR) is 98.5 cm³/mol. The first-order chi connectivity index (χ1) is 12.2. The molecule has 1 heterocycles. The van der Waals surface area contributed by atoms with Gasteiger partial charge in [-0.15, -0.1) is 11.8 Å². The van der Waals surface area contributed by atoms with Crippen LogP contribution < -0.4 is 14.2 Å². The second kappa shape index (κ2) is 8.47. The molecule has 0 unspecified atom stereocenters. The smallest absolute Gasteiger partial charge is 0.231 e. The molecule has 25 heavy (non-hydrogen) atoms. The molecule has 134 valence electrons. The number of methoxy groups -OCH3 is 1. The molecule has 0 spiro atoms. The van der Waals surface area contributed by atoms with Crippen LogP contribution in [0, 0.1) is 0 Å². The molecule has 5 nitrogen and oxygen atoms in total. The quantitative estimate of drug-likeness (QED) is 0.729. The minimum absolute atomic E-state index is 0.107. The maximum Gasteiger partial charge on any atom is 0.231 e. The van der Waals surface area contributed by atoms with E-state index in [1.165, 1.54) is 10.5 Å². The molecule has 1 aliphatic heterocycles. The number of benzene rings is 2. The lowest BCUT2D eigenvalue weighted by molar-refractivity contribution is 0.173. The zero-order valence-electron chi connectivity index (χ0n) is 14.5. The van der Waals surface area contributed by atoms with Crippen molar-refractivity contribution in [1.29, 1.82) is 0 Å². The highest BCUT2D eigenvalue weighted by Gasteiger charge is 2.19. The molecule has 2 aromatic rings. The Kier molecular flexibility index (Phi) is 6.07. The molecule has 0 aliphatic carbocycles. The van der Waals surface area contributed by atoms with Crippen molar-refractivity contribution >= 4 is 11.8 Å². The van der Waals surface area contributed by atoms with Crippen LogP contribution in [0.3, 0.4) is 0 Å². The first-order valence-corrected chi connectivity index (χ1v) is 9.38. The minimum Gasteiger partial charge on any atom is -0.496 e. The largest absolute Gasteiger partial charge is 0.496 e. The maximum absolute atomic E-state index is 9.44. The molecular formula is C19H23NO4S. The summed E-state index contributed by atoms with van der Waals surface area (Å²) in [6.07, 6.45) is 2.07. The summed E-state index contributed by atoms with van der Waals surface area (Å²) < 4.78 is 16.4. The van der Waals surface area contributed by atoms with Crippen molar-refractivity contribution < 1.29 is 19.3 Å². The van der Waals surface area contributed by atoms with Crippen LogP contribution in [0.4, 0.5) is 0 Å². The SMILES string of the molecule is COc1cc2c(cc1CN(CCO)Cc1ccc(SC)cc1)OCO2. The third kappa shape index (κ3) is 4.39. The Bertz CT molecular complexity index is 705. The average Bonchev–Trinajstić information content (AvgIpc) is 3.09. The van der Waals surface area contributed by atoms with Gasteiger partial charge in [0.25, 0.3) is 0 Å². The van der Waals surface area contributed by atoms with Crippen LogP contribution >= 0.6 is 11.8 Å². The molecule has 0 saturated heterocycles. The minimum atomic E-state index is 0.107. The zero-order valence-corrected chi connectivity index (χ0v) is 15.3. The second-order valence-corrected chi connectivity index (χ2v) is 6.68. The van der Waals surface area contributed by atoms with Gasteiger partial charge in [0.05, 0.1) is 13.7 Å². The van der Waals surface area contributed by atoms with Crippen LogP contribution in [-0.4, -0.2) is 43.3 Å². The molecule has 1 aliphatic rings. The van der Waals surface area contributed by atoms with Crippen LogP contribution in [-0.2, 0) is 13.1 Å². The van der Waals surface area contributed by atoms with Gasteiger partial charge in [0.1, 0.15) is 5.75 Å². The van der Waals surface area contributed by atoms with Crippen LogP contribution in [0.25, 0.3) is 0 Å². The van der Waals surface area contributed by atoms with E-state index in [-0.39, 0.29) is 13.4 Å². The number of nitrogens with zero attached hydrogens (tertiary/aromatic N) is 1. The van der Waals surface area contributed by atoms with Gasteiger partial charge in [0.15, 0.2) is 11.5 Å². The number of hydrogen-bond donors (Lipinski definition) is 1. The lowest BCUT2D eigenvalue weighted by Gasteiger charge is -2.23. The van der Waals surface area contributed by atoms with Crippen molar-refractivity contribution in [2.24, 2.45) is 0 Å². The van der Waals surface area contributed by atoms with E-state index in [0.29, 0.717) is 18.8 Å². The van der Waals surface area contributed by atoms with Gasteiger partial charge < -0.3 is 19.3 Å². The van der Waals surface area contributed by atoms with Crippen LogP contribution in [0.2, 0.25) is 0 Å². The van der Waals surface area contributed by atoms with E-state index in [1.807, 2.05) is 12.1 Å². The lowest BCUT2D eigenvalue weighted by Crippen LogP contribution is -2.26. The van der Waals surface area contributed by atoms with E-state index in [4.69, 9.17) is 14.2 Å². The summed E-state index contributed by atoms with van der Waals surface area (Å²) in [4.78, 5) is 3.43. The van der Waals surface area contributed by atoms with Crippen LogP contribution in [0.1, 0.15) is 11.1 Å². The van der Waals surface area contributed by atoms with Crippen molar-refractivity contribution in [2.75, 3.05) is 33.3 Å². The van der Waals surface area contributed by atoms with Crippen LogP contribution in [0.5, 0.6) is 17.2 Å². The zero-order chi connectivity index (χ0) is 17.6. The van der Waals surface area contributed by atoms with Gasteiger partial charge >= 0.3 is 0 Å². The number of fused-ring (bicyclic) bond motifs is 1. The average molecular weight is 361 g/mol. The van der Waals surface area contributed by atoms with E-state index in [9.17, 15) is 5.11 Å². The fourth-order valence-electron chi connectivity index (χ4n) is 2.86. The Morgan fingerprint density at radius 2 is 1.84 bits per heavy atom. The Balaban J connectivity index is 1.77. The molecular weight excluding hydrogens is 338 g/mol. The number of ether oxygens (including phenoxy) is 3. The number of rotatable bonds is 8. The first-order valence-electron chi connectivity index (χ1n) is 8.16. The summed E-state index contributed by atoms with van der Waals surface area (Å²) in [5.74, 6) is 2.22. The van der Waals surface area contributed by atoms with Gasteiger partial charge in [-0.05, 0) is 30.0 Å². The Hall–Kier alpha value is -1.89. The summed E-state index contributed by atoms with van der Waals surface area (Å²) in [5.41, 5.74) is 2.23. The molecule has 2 aromatic carbocycles. The molecule has 0 radical (unpaired) electrons. The van der Waals surface area contributed by atoms with Crippen molar-refractivity contribution in [3.63, 3.8) is 0 Å². The Morgan fingerprint density at radius 1 is 1.12 bits per heavy atom. The molecule has 0 atom stereocenters. The van der Waals surface area contributed by atoms with Gasteiger partial charge in [-0.1, -0.05) is 12.1 Å². The molecule has 0 bridgehead atoms. The molecule has 1 N–H and O–H groups in total. The van der Waals surface area contributed by atoms with E-state index >= 15 is 0 Å². The summed E-state index contributed by atoms with van der Waals surface area (Å²) in [7, 11) is 1.65. The van der Waals surface area contributed by atoms with Crippen molar-refractivity contribution in [3.05, 3.63) is 47.5 Å². The number of hydrogen-bond acceptors (Lipinski definition) is 6. The summed E-state index contributed by atoms with van der Waals surface area (Å²) >= 11 is 1.73. The molecule has 3 rings (SSSR count). The number of aliphatic hydroxyl groups excluding tert-OH is 1. The summed E-state index contributed by atoms with van der Waals surface area (Å²) in [5, 5.41) is 9.44. The van der Waals surface area contributed by atoms with Gasteiger partial charge in [-0.2, -0.15) is 0 Å². The monoisotopic (exact) mass is 361 g/mol. The highest BCUT2D eigenvalue weighted by molar-refractivity contribution is 7.98. The van der Waals surface area contributed by atoms with E-state index in [0.717, 1.165) is 23.6 Å². The fourth-order valence-corrected chi connectivity index (χ4v) is 3.27. The van der Waals surface area contributed by atoms with Gasteiger partial charge in [0, 0.05) is 36.2 Å². The Labute approximate surface area is 152 Å². The molecule has 0 saturated carbocycles. The topological polar surface area (TPSA) is 51.2 Å². The molecule has 6 heteroatoms. The second-order valence-electron chi connectivity index (χ2n) is 5.80. The van der Waals surface area contributed by atoms with E-state index in [2.05, 4.69) is 35.4 Å². The maximum atomic E-state index is 9.44. The normalized spacial score (nSPS) is 12.6. The van der Waals surface area contributed by atoms with Crippen molar-refractivity contribution in [3.8, 4) is 17.2 Å². The predicted octanol–water partition coefficient (Wildman–Crippen LogP) is 3.14. The third-order valence-corrected chi connectivity index (χ3v) is 4.89. The molecule has 0 fully saturated rings. The molecule has 0 amide bonds. The number of thioether (sulfide) groups is 1. The highest BCUT2D eigenvalue weighted by Crippen LogP contribution is 2.38. The summed E-state index contributed by atoms with van der Waals surface area (Å²) in [6.45, 7) is 2.35. The standard InChI is InChI=1S/C19H23NO4S/c1-22-17-10-19-18(23-13-24-19)9-15(17)12-20(7-8-21)11-14-3-5-16(25-2)6-4-14/h3-6,9-10,21H,7-8,11-13H2,1-2H3. The van der Waals surface area contributed by atoms with Gasteiger partial charge in [-0.3, -0.25) is 4.90 Å². The Morgan fingerprint density at radius 3 is 2.48 bits per heavy atom. The number of aliphatic hydroxyl groups is 1. The highest BCUT2D eigenvalue weighted by atomic mass is 32.2. The van der Waals surface area contributed by atoms with Crippen molar-refractivity contribution in [1.82, 2.24) is 4.90 Å². The third-order valence-electron chi connectivity index (χ3n) is 4.15. The fraction of sp³-hybridized carbons (Fsp3) is 0.368. The van der Waals surface area contributed by atoms with E-state index in [1.54, 1.807) is 18.9 Å². The first kappa shape index (κ1) is 17.9. The van der Waals surface area contributed by atoms with Gasteiger partial charge in [-0.25, -0.2) is 0 Å². The van der Waals surface area contributed by atoms with Crippen molar-refractivity contribution in [2.45, 2.75) is 18.0 Å². The molecule has 0 aromatic heterocycles. The lowest BCUT2D eigenvalue weighted by atomic mass is 10.1. The summed E-state index contributed by atoms with van der Waals surface area (Å²) in [6, 6.07) is 12.3. The van der Waals surface area contributed by atoms with E-state index < -0.39 is 0 Å². The van der Waals surface area contributed by atoms with Crippen LogP contribution in [0.15, 0.2) is 41.3 Å². The van der Waals surface area contributed by atoms with Gasteiger partial charge in [0.2, 0.25) is 6.79 Å².